The molecule has 1 atom stereocenters. The van der Waals surface area contributed by atoms with Crippen LogP contribution in [0, 0.1) is 13.8 Å². The molecule has 0 radical (unpaired) electrons. The molecule has 1 heterocycles. The van der Waals surface area contributed by atoms with E-state index in [9.17, 15) is 0 Å². The Bertz CT molecular complexity index is 511. The van der Waals surface area contributed by atoms with E-state index in [4.69, 9.17) is 5.73 Å². The Hall–Kier alpha value is -1.61. The number of nitrogens with two attached hydrogens (primary N) is 1. The minimum absolute atomic E-state index is 0.361. The Labute approximate surface area is 109 Å². The van der Waals surface area contributed by atoms with Gasteiger partial charge in [-0.05, 0) is 38.4 Å². The average molecular weight is 243 g/mol. The molecule has 1 unspecified atom stereocenters. The third kappa shape index (κ3) is 2.79. The van der Waals surface area contributed by atoms with Gasteiger partial charge in [0.2, 0.25) is 0 Å². The Morgan fingerprint density at radius 2 is 1.89 bits per heavy atom. The first kappa shape index (κ1) is 12.8. The molecule has 1 aromatic carbocycles. The highest BCUT2D eigenvalue weighted by Gasteiger charge is 2.13. The van der Waals surface area contributed by atoms with Crippen LogP contribution in [0.4, 0.5) is 0 Å². The van der Waals surface area contributed by atoms with E-state index < -0.39 is 0 Å². The van der Waals surface area contributed by atoms with Crippen LogP contribution in [0.2, 0.25) is 0 Å². The zero-order chi connectivity index (χ0) is 13.1. The van der Waals surface area contributed by atoms with Crippen LogP contribution in [0.25, 0.3) is 0 Å². The van der Waals surface area contributed by atoms with Crippen molar-refractivity contribution >= 4 is 0 Å². The standard InChI is InChI=1S/C15H21N3/c1-11-4-6-13(7-5-11)14(10-16)9-15-8-12(2)17-18(15)3/h4-8,14H,9-10,16H2,1-3H3. The molecule has 2 rings (SSSR count). The fourth-order valence-corrected chi connectivity index (χ4v) is 2.28. The third-order valence-corrected chi connectivity index (χ3v) is 3.39. The second-order valence-electron chi connectivity index (χ2n) is 4.95. The minimum atomic E-state index is 0.361. The third-order valence-electron chi connectivity index (χ3n) is 3.39. The van der Waals surface area contributed by atoms with Crippen LogP contribution in [0.5, 0.6) is 0 Å². The Kier molecular flexibility index (Phi) is 3.82. The number of hydrogen-bond acceptors (Lipinski definition) is 2. The lowest BCUT2D eigenvalue weighted by Crippen LogP contribution is -2.16. The van der Waals surface area contributed by atoms with E-state index in [2.05, 4.69) is 42.4 Å². The highest BCUT2D eigenvalue weighted by atomic mass is 15.3. The molecular weight excluding hydrogens is 222 g/mol. The molecule has 2 aromatic rings. The van der Waals surface area contributed by atoms with Gasteiger partial charge >= 0.3 is 0 Å². The molecule has 0 fully saturated rings. The summed E-state index contributed by atoms with van der Waals surface area (Å²) in [6, 6.07) is 10.8. The van der Waals surface area contributed by atoms with E-state index in [1.807, 2.05) is 18.7 Å². The molecule has 0 aliphatic heterocycles. The van der Waals surface area contributed by atoms with Gasteiger partial charge in [0.1, 0.15) is 0 Å². The quantitative estimate of drug-likeness (QED) is 0.895. The van der Waals surface area contributed by atoms with Gasteiger partial charge in [-0.2, -0.15) is 5.10 Å². The average Bonchev–Trinajstić information content (AvgIpc) is 2.66. The smallest absolute Gasteiger partial charge is 0.0596 e. The Morgan fingerprint density at radius 1 is 1.22 bits per heavy atom. The van der Waals surface area contributed by atoms with Crippen molar-refractivity contribution < 1.29 is 0 Å². The largest absolute Gasteiger partial charge is 0.330 e. The molecule has 3 nitrogen and oxygen atoms in total. The predicted molar refractivity (Wildman–Crippen MR) is 74.6 cm³/mol. The fourth-order valence-electron chi connectivity index (χ4n) is 2.28. The van der Waals surface area contributed by atoms with Crippen molar-refractivity contribution in [3.8, 4) is 0 Å². The first-order valence-corrected chi connectivity index (χ1v) is 6.36. The number of aryl methyl sites for hydroxylation is 3. The normalized spacial score (nSPS) is 12.7. The van der Waals surface area contributed by atoms with Crippen LogP contribution in [-0.2, 0) is 13.5 Å². The second kappa shape index (κ2) is 5.36. The summed E-state index contributed by atoms with van der Waals surface area (Å²) >= 11 is 0. The molecule has 0 saturated heterocycles. The first-order valence-electron chi connectivity index (χ1n) is 6.36. The molecule has 0 aliphatic carbocycles. The molecule has 18 heavy (non-hydrogen) atoms. The van der Waals surface area contributed by atoms with Gasteiger partial charge in [0.15, 0.2) is 0 Å². The molecule has 1 aromatic heterocycles. The Balaban J connectivity index is 2.19. The van der Waals surface area contributed by atoms with Crippen LogP contribution in [-0.4, -0.2) is 16.3 Å². The maximum atomic E-state index is 5.92. The van der Waals surface area contributed by atoms with Crippen LogP contribution in [0.1, 0.15) is 28.4 Å². The van der Waals surface area contributed by atoms with Crippen molar-refractivity contribution in [3.63, 3.8) is 0 Å². The SMILES string of the molecule is Cc1ccc(C(CN)Cc2cc(C)nn2C)cc1. The molecule has 3 heteroatoms. The van der Waals surface area contributed by atoms with Crippen molar-refractivity contribution in [1.82, 2.24) is 9.78 Å². The molecule has 0 spiro atoms. The van der Waals surface area contributed by atoms with Crippen LogP contribution in [0.3, 0.4) is 0 Å². The first-order chi connectivity index (χ1) is 8.60. The van der Waals surface area contributed by atoms with Crippen molar-refractivity contribution in [3.05, 3.63) is 52.8 Å². The van der Waals surface area contributed by atoms with E-state index in [1.54, 1.807) is 0 Å². The lowest BCUT2D eigenvalue weighted by atomic mass is 9.93. The minimum Gasteiger partial charge on any atom is -0.330 e. The van der Waals surface area contributed by atoms with Crippen LogP contribution < -0.4 is 5.73 Å². The lowest BCUT2D eigenvalue weighted by Gasteiger charge is -2.15. The van der Waals surface area contributed by atoms with Crippen molar-refractivity contribution in [1.29, 1.82) is 0 Å². The summed E-state index contributed by atoms with van der Waals surface area (Å²) in [6.45, 7) is 4.78. The van der Waals surface area contributed by atoms with Crippen molar-refractivity contribution in [2.24, 2.45) is 12.8 Å². The van der Waals surface area contributed by atoms with E-state index in [1.165, 1.54) is 16.8 Å². The molecule has 2 N–H and O–H groups in total. The van der Waals surface area contributed by atoms with Crippen LogP contribution in [0.15, 0.2) is 30.3 Å². The molecule has 0 saturated carbocycles. The zero-order valence-corrected chi connectivity index (χ0v) is 11.4. The van der Waals surface area contributed by atoms with Gasteiger partial charge in [-0.3, -0.25) is 4.68 Å². The summed E-state index contributed by atoms with van der Waals surface area (Å²) in [4.78, 5) is 0. The number of hydrogen-bond donors (Lipinski definition) is 1. The molecule has 0 aliphatic rings. The van der Waals surface area contributed by atoms with Crippen molar-refractivity contribution in [2.75, 3.05) is 6.54 Å². The summed E-state index contributed by atoms with van der Waals surface area (Å²) in [6.07, 6.45) is 0.941. The van der Waals surface area contributed by atoms with Gasteiger partial charge in [-0.1, -0.05) is 29.8 Å². The number of rotatable bonds is 4. The van der Waals surface area contributed by atoms with Crippen molar-refractivity contribution in [2.45, 2.75) is 26.2 Å². The summed E-state index contributed by atoms with van der Waals surface area (Å²) in [5, 5.41) is 4.38. The monoisotopic (exact) mass is 243 g/mol. The summed E-state index contributed by atoms with van der Waals surface area (Å²) < 4.78 is 1.95. The lowest BCUT2D eigenvalue weighted by molar-refractivity contribution is 0.629. The maximum Gasteiger partial charge on any atom is 0.0596 e. The summed E-state index contributed by atoms with van der Waals surface area (Å²) in [5.41, 5.74) is 10.8. The van der Waals surface area contributed by atoms with Gasteiger partial charge < -0.3 is 5.73 Å². The Morgan fingerprint density at radius 3 is 2.39 bits per heavy atom. The van der Waals surface area contributed by atoms with Crippen LogP contribution >= 0.6 is 0 Å². The van der Waals surface area contributed by atoms with E-state index in [0.717, 1.165) is 12.1 Å². The molecule has 96 valence electrons. The number of benzene rings is 1. The number of aromatic nitrogens is 2. The predicted octanol–water partition coefficient (Wildman–Crippen LogP) is 2.32. The summed E-state index contributed by atoms with van der Waals surface area (Å²) in [7, 11) is 1.99. The highest BCUT2D eigenvalue weighted by Crippen LogP contribution is 2.20. The molecule has 0 bridgehead atoms. The van der Waals surface area contributed by atoms with E-state index >= 15 is 0 Å². The molecule has 0 amide bonds. The second-order valence-corrected chi connectivity index (χ2v) is 4.95. The fraction of sp³-hybridized carbons (Fsp3) is 0.400. The zero-order valence-electron chi connectivity index (χ0n) is 11.4. The van der Waals surface area contributed by atoms with Gasteiger partial charge in [-0.15, -0.1) is 0 Å². The van der Waals surface area contributed by atoms with Gasteiger partial charge in [0, 0.05) is 18.7 Å². The topological polar surface area (TPSA) is 43.8 Å². The summed E-state index contributed by atoms with van der Waals surface area (Å²) in [5.74, 6) is 0.361. The maximum absolute atomic E-state index is 5.92. The van der Waals surface area contributed by atoms with E-state index in [-0.39, 0.29) is 0 Å². The molecular formula is C15H21N3. The van der Waals surface area contributed by atoms with Gasteiger partial charge in [0.25, 0.3) is 0 Å². The van der Waals surface area contributed by atoms with Gasteiger partial charge in [-0.25, -0.2) is 0 Å². The van der Waals surface area contributed by atoms with E-state index in [0.29, 0.717) is 12.5 Å². The number of nitrogens with zero attached hydrogens (tertiary/aromatic N) is 2. The highest BCUT2D eigenvalue weighted by molar-refractivity contribution is 5.26. The van der Waals surface area contributed by atoms with Gasteiger partial charge in [0.05, 0.1) is 5.69 Å².